The van der Waals surface area contributed by atoms with Crippen molar-refractivity contribution in [2.24, 2.45) is 0 Å². The zero-order valence-electron chi connectivity index (χ0n) is 10.2. The summed E-state index contributed by atoms with van der Waals surface area (Å²) in [4.78, 5) is 0. The molecule has 0 radical (unpaired) electrons. The van der Waals surface area contributed by atoms with E-state index in [2.05, 4.69) is 29.1 Å². The van der Waals surface area contributed by atoms with E-state index in [1.807, 2.05) is 0 Å². The molecule has 2 nitrogen and oxygen atoms in total. The molecule has 0 saturated carbocycles. The Kier molecular flexibility index (Phi) is 4.33. The van der Waals surface area contributed by atoms with Gasteiger partial charge in [0, 0.05) is 18.2 Å². The minimum absolute atomic E-state index is 0.131. The zero-order valence-corrected chi connectivity index (χ0v) is 11.0. The van der Waals surface area contributed by atoms with Crippen LogP contribution < -0.4 is 5.32 Å². The lowest BCUT2D eigenvalue weighted by Gasteiger charge is -2.13. The van der Waals surface area contributed by atoms with Crippen LogP contribution in [0.5, 0.6) is 5.75 Å². The fraction of sp³-hybridized carbons (Fsp3) is 0.286. The average Bonchev–Trinajstić information content (AvgIpc) is 2.83. The van der Waals surface area contributed by atoms with E-state index in [9.17, 15) is 9.50 Å². The Hall–Kier alpha value is -1.39. The van der Waals surface area contributed by atoms with Crippen LogP contribution in [0.4, 0.5) is 4.39 Å². The first-order chi connectivity index (χ1) is 8.65. The number of halogens is 1. The van der Waals surface area contributed by atoms with Crippen molar-refractivity contribution in [3.8, 4) is 5.75 Å². The molecule has 0 aliphatic carbocycles. The van der Waals surface area contributed by atoms with Gasteiger partial charge in [0.15, 0.2) is 0 Å². The summed E-state index contributed by atoms with van der Waals surface area (Å²) >= 11 is 1.68. The summed E-state index contributed by atoms with van der Waals surface area (Å²) in [6.45, 7) is 2.54. The van der Waals surface area contributed by atoms with Gasteiger partial charge in [-0.2, -0.15) is 11.3 Å². The second-order valence-corrected chi connectivity index (χ2v) is 5.17. The normalized spacial score (nSPS) is 12.6. The lowest BCUT2D eigenvalue weighted by molar-refractivity contribution is 0.455. The molecule has 0 aliphatic rings. The number of benzene rings is 1. The SMILES string of the molecule is CC(Cc1ccsc1)NCc1cc(F)ccc1O. The van der Waals surface area contributed by atoms with Crippen LogP contribution in [0, 0.1) is 5.82 Å². The Labute approximate surface area is 110 Å². The highest BCUT2D eigenvalue weighted by atomic mass is 32.1. The van der Waals surface area contributed by atoms with Gasteiger partial charge in [-0.15, -0.1) is 0 Å². The van der Waals surface area contributed by atoms with Crippen molar-refractivity contribution in [1.29, 1.82) is 0 Å². The van der Waals surface area contributed by atoms with Crippen molar-refractivity contribution in [3.05, 3.63) is 52.0 Å². The fourth-order valence-corrected chi connectivity index (χ4v) is 2.50. The summed E-state index contributed by atoms with van der Waals surface area (Å²) in [6, 6.07) is 6.38. The standard InChI is InChI=1S/C14H16FNOS/c1-10(6-11-4-5-18-9-11)16-8-12-7-13(15)2-3-14(12)17/h2-5,7,9-10,16-17H,6,8H2,1H3. The van der Waals surface area contributed by atoms with Gasteiger partial charge in [0.05, 0.1) is 0 Å². The molecule has 0 fully saturated rings. The molecular weight excluding hydrogens is 249 g/mol. The molecule has 1 unspecified atom stereocenters. The predicted molar refractivity (Wildman–Crippen MR) is 72.4 cm³/mol. The summed E-state index contributed by atoms with van der Waals surface area (Å²) in [5, 5.41) is 17.1. The molecule has 0 amide bonds. The molecule has 0 spiro atoms. The summed E-state index contributed by atoms with van der Waals surface area (Å²) in [7, 11) is 0. The molecule has 96 valence electrons. The third-order valence-electron chi connectivity index (χ3n) is 2.80. The van der Waals surface area contributed by atoms with Gasteiger partial charge in [-0.3, -0.25) is 0 Å². The van der Waals surface area contributed by atoms with Crippen LogP contribution in [0.15, 0.2) is 35.0 Å². The molecule has 18 heavy (non-hydrogen) atoms. The fourth-order valence-electron chi connectivity index (χ4n) is 1.81. The van der Waals surface area contributed by atoms with Crippen molar-refractivity contribution in [2.45, 2.75) is 25.9 Å². The van der Waals surface area contributed by atoms with Crippen LogP contribution in [0.3, 0.4) is 0 Å². The topological polar surface area (TPSA) is 32.3 Å². The van der Waals surface area contributed by atoms with Gasteiger partial charge in [0.25, 0.3) is 0 Å². The Bertz CT molecular complexity index is 499. The minimum atomic E-state index is -0.324. The van der Waals surface area contributed by atoms with Gasteiger partial charge in [0.2, 0.25) is 0 Å². The lowest BCUT2D eigenvalue weighted by atomic mass is 10.1. The van der Waals surface area contributed by atoms with E-state index in [0.717, 1.165) is 6.42 Å². The van der Waals surface area contributed by atoms with Gasteiger partial charge in [0.1, 0.15) is 11.6 Å². The van der Waals surface area contributed by atoms with E-state index < -0.39 is 0 Å². The third-order valence-corrected chi connectivity index (χ3v) is 3.54. The van der Waals surface area contributed by atoms with E-state index in [4.69, 9.17) is 0 Å². The van der Waals surface area contributed by atoms with E-state index in [0.29, 0.717) is 12.1 Å². The Morgan fingerprint density at radius 2 is 2.22 bits per heavy atom. The Morgan fingerprint density at radius 1 is 1.39 bits per heavy atom. The van der Waals surface area contributed by atoms with Gasteiger partial charge in [-0.05, 0) is 53.9 Å². The molecule has 0 aliphatic heterocycles. The number of phenols is 1. The summed E-state index contributed by atoms with van der Waals surface area (Å²) in [5.74, 6) is -0.193. The summed E-state index contributed by atoms with van der Waals surface area (Å²) < 4.78 is 13.0. The van der Waals surface area contributed by atoms with E-state index in [1.165, 1.54) is 23.8 Å². The maximum Gasteiger partial charge on any atom is 0.123 e. The second kappa shape index (κ2) is 5.98. The van der Waals surface area contributed by atoms with Crippen molar-refractivity contribution in [3.63, 3.8) is 0 Å². The predicted octanol–water partition coefficient (Wildman–Crippen LogP) is 3.31. The molecule has 2 N–H and O–H groups in total. The maximum atomic E-state index is 13.0. The summed E-state index contributed by atoms with van der Waals surface area (Å²) in [5.41, 5.74) is 1.88. The lowest BCUT2D eigenvalue weighted by Crippen LogP contribution is -2.27. The number of nitrogens with one attached hydrogen (secondary N) is 1. The summed E-state index contributed by atoms with van der Waals surface area (Å²) in [6.07, 6.45) is 0.930. The highest BCUT2D eigenvalue weighted by molar-refractivity contribution is 7.07. The molecular formula is C14H16FNOS. The largest absolute Gasteiger partial charge is 0.508 e. The molecule has 2 rings (SSSR count). The molecule has 2 aromatic rings. The highest BCUT2D eigenvalue weighted by Gasteiger charge is 2.07. The van der Waals surface area contributed by atoms with Gasteiger partial charge >= 0.3 is 0 Å². The maximum absolute atomic E-state index is 13.0. The Morgan fingerprint density at radius 3 is 2.94 bits per heavy atom. The first kappa shape index (κ1) is 13.1. The van der Waals surface area contributed by atoms with Crippen LogP contribution in [-0.2, 0) is 13.0 Å². The van der Waals surface area contributed by atoms with Crippen LogP contribution >= 0.6 is 11.3 Å². The van der Waals surface area contributed by atoms with E-state index in [-0.39, 0.29) is 17.6 Å². The van der Waals surface area contributed by atoms with Crippen molar-refractivity contribution >= 4 is 11.3 Å². The molecule has 1 atom stereocenters. The van der Waals surface area contributed by atoms with Gasteiger partial charge < -0.3 is 10.4 Å². The Balaban J connectivity index is 1.89. The molecule has 1 aromatic carbocycles. The van der Waals surface area contributed by atoms with E-state index >= 15 is 0 Å². The quantitative estimate of drug-likeness (QED) is 0.869. The van der Waals surface area contributed by atoms with Gasteiger partial charge in [-0.25, -0.2) is 4.39 Å². The molecule has 1 heterocycles. The second-order valence-electron chi connectivity index (χ2n) is 4.39. The third kappa shape index (κ3) is 3.55. The number of rotatable bonds is 5. The van der Waals surface area contributed by atoms with Gasteiger partial charge in [-0.1, -0.05) is 0 Å². The number of hydrogen-bond acceptors (Lipinski definition) is 3. The number of aromatic hydroxyl groups is 1. The average molecular weight is 265 g/mol. The molecule has 1 aromatic heterocycles. The number of phenolic OH excluding ortho intramolecular Hbond substituents is 1. The monoisotopic (exact) mass is 265 g/mol. The molecule has 0 saturated heterocycles. The van der Waals surface area contributed by atoms with Crippen LogP contribution in [-0.4, -0.2) is 11.1 Å². The molecule has 0 bridgehead atoms. The molecule has 4 heteroatoms. The van der Waals surface area contributed by atoms with Crippen LogP contribution in [0.1, 0.15) is 18.1 Å². The van der Waals surface area contributed by atoms with Crippen LogP contribution in [0.2, 0.25) is 0 Å². The van der Waals surface area contributed by atoms with Crippen molar-refractivity contribution < 1.29 is 9.50 Å². The highest BCUT2D eigenvalue weighted by Crippen LogP contribution is 2.18. The first-order valence-electron chi connectivity index (χ1n) is 5.87. The first-order valence-corrected chi connectivity index (χ1v) is 6.81. The minimum Gasteiger partial charge on any atom is -0.508 e. The van der Waals surface area contributed by atoms with Crippen LogP contribution in [0.25, 0.3) is 0 Å². The van der Waals surface area contributed by atoms with Crippen molar-refractivity contribution in [2.75, 3.05) is 0 Å². The number of hydrogen-bond donors (Lipinski definition) is 2. The van der Waals surface area contributed by atoms with E-state index in [1.54, 1.807) is 11.3 Å². The van der Waals surface area contributed by atoms with Crippen molar-refractivity contribution in [1.82, 2.24) is 5.32 Å². The number of thiophene rings is 1. The smallest absolute Gasteiger partial charge is 0.123 e. The zero-order chi connectivity index (χ0) is 13.0.